The third-order valence-electron chi connectivity index (χ3n) is 3.86. The van der Waals surface area contributed by atoms with Gasteiger partial charge in [0.25, 0.3) is 0 Å². The molecule has 1 saturated heterocycles. The first-order valence-corrected chi connectivity index (χ1v) is 7.41. The molecule has 2 rings (SSSR count). The van der Waals surface area contributed by atoms with Crippen LogP contribution in [-0.2, 0) is 6.54 Å². The van der Waals surface area contributed by atoms with Crippen molar-refractivity contribution in [2.45, 2.75) is 40.2 Å². The third kappa shape index (κ3) is 3.41. The van der Waals surface area contributed by atoms with Crippen molar-refractivity contribution in [1.82, 2.24) is 14.7 Å². The fourth-order valence-corrected chi connectivity index (χ4v) is 2.75. The number of nitrogens with two attached hydrogens (primary N) is 1. The molecule has 1 aromatic heterocycles. The van der Waals surface area contributed by atoms with Gasteiger partial charge in [-0.05, 0) is 45.7 Å². The fraction of sp³-hybridized carbons (Fsp3) is 0.786. The predicted molar refractivity (Wildman–Crippen MR) is 80.4 cm³/mol. The van der Waals surface area contributed by atoms with E-state index in [0.29, 0.717) is 5.92 Å². The molecule has 5 nitrogen and oxygen atoms in total. The molecule has 1 atom stereocenters. The normalized spacial score (nSPS) is 17.8. The molecule has 108 valence electrons. The first-order valence-electron chi connectivity index (χ1n) is 7.41. The fourth-order valence-electron chi connectivity index (χ4n) is 2.75. The minimum absolute atomic E-state index is 0.623. The number of nitrogen functional groups attached to an aromatic ring is 1. The van der Waals surface area contributed by atoms with Crippen molar-refractivity contribution in [2.75, 3.05) is 37.2 Å². The Morgan fingerprint density at radius 1 is 1.37 bits per heavy atom. The average Bonchev–Trinajstić information content (AvgIpc) is 2.97. The summed E-state index contributed by atoms with van der Waals surface area (Å²) in [4.78, 5) is 2.55. The standard InChI is InChI=1S/C14H27N5/c1-4-19-14(13(15)12(3)17-19)16-9-11(2)10-18-7-5-6-8-18/h11,16H,4-10,15H2,1-3H3. The van der Waals surface area contributed by atoms with Gasteiger partial charge in [-0.1, -0.05) is 6.92 Å². The van der Waals surface area contributed by atoms with Crippen LogP contribution in [0.2, 0.25) is 0 Å². The molecule has 1 aromatic rings. The number of nitrogens with one attached hydrogen (secondary N) is 1. The Hall–Kier alpha value is -1.23. The van der Waals surface area contributed by atoms with Crippen molar-refractivity contribution in [3.8, 4) is 0 Å². The molecule has 0 aliphatic carbocycles. The van der Waals surface area contributed by atoms with Crippen LogP contribution >= 0.6 is 0 Å². The van der Waals surface area contributed by atoms with Crippen molar-refractivity contribution in [1.29, 1.82) is 0 Å². The van der Waals surface area contributed by atoms with Gasteiger partial charge in [-0.2, -0.15) is 5.10 Å². The second kappa shape index (κ2) is 6.28. The minimum atomic E-state index is 0.623. The topological polar surface area (TPSA) is 59.1 Å². The van der Waals surface area contributed by atoms with Gasteiger partial charge in [0, 0.05) is 19.6 Å². The van der Waals surface area contributed by atoms with Crippen molar-refractivity contribution >= 4 is 11.5 Å². The molecule has 0 aromatic carbocycles. The third-order valence-corrected chi connectivity index (χ3v) is 3.86. The number of hydrogen-bond donors (Lipinski definition) is 2. The van der Waals surface area contributed by atoms with E-state index in [1.807, 2.05) is 11.6 Å². The summed E-state index contributed by atoms with van der Waals surface area (Å²) in [6, 6.07) is 0. The summed E-state index contributed by atoms with van der Waals surface area (Å²) >= 11 is 0. The van der Waals surface area contributed by atoms with Crippen molar-refractivity contribution in [3.05, 3.63) is 5.69 Å². The molecule has 2 heterocycles. The van der Waals surface area contributed by atoms with Crippen LogP contribution in [0.1, 0.15) is 32.4 Å². The summed E-state index contributed by atoms with van der Waals surface area (Å²) < 4.78 is 1.95. The Kier molecular flexibility index (Phi) is 4.69. The highest BCUT2D eigenvalue weighted by atomic mass is 15.3. The Balaban J connectivity index is 1.87. The zero-order valence-electron chi connectivity index (χ0n) is 12.4. The van der Waals surface area contributed by atoms with Crippen molar-refractivity contribution in [2.24, 2.45) is 5.92 Å². The molecule has 0 amide bonds. The van der Waals surface area contributed by atoms with Gasteiger partial charge >= 0.3 is 0 Å². The highest BCUT2D eigenvalue weighted by Gasteiger charge is 2.16. The minimum Gasteiger partial charge on any atom is -0.394 e. The summed E-state index contributed by atoms with van der Waals surface area (Å²) in [5.74, 6) is 1.60. The number of nitrogens with zero attached hydrogens (tertiary/aromatic N) is 3. The maximum atomic E-state index is 6.07. The zero-order chi connectivity index (χ0) is 13.8. The van der Waals surface area contributed by atoms with E-state index in [1.54, 1.807) is 0 Å². The van der Waals surface area contributed by atoms with Crippen LogP contribution in [0.3, 0.4) is 0 Å². The lowest BCUT2D eigenvalue weighted by Gasteiger charge is -2.21. The number of hydrogen-bond acceptors (Lipinski definition) is 4. The van der Waals surface area contributed by atoms with E-state index in [-0.39, 0.29) is 0 Å². The smallest absolute Gasteiger partial charge is 0.148 e. The van der Waals surface area contributed by atoms with Gasteiger partial charge in [0.05, 0.1) is 11.4 Å². The predicted octanol–water partition coefficient (Wildman–Crippen LogP) is 1.94. The summed E-state index contributed by atoms with van der Waals surface area (Å²) in [6.07, 6.45) is 2.71. The van der Waals surface area contributed by atoms with Crippen molar-refractivity contribution in [3.63, 3.8) is 0 Å². The van der Waals surface area contributed by atoms with Crippen LogP contribution < -0.4 is 11.1 Å². The maximum Gasteiger partial charge on any atom is 0.148 e. The van der Waals surface area contributed by atoms with Gasteiger partial charge < -0.3 is 16.0 Å². The summed E-state index contributed by atoms with van der Waals surface area (Å²) in [5, 5.41) is 7.90. The first-order chi connectivity index (χ1) is 9.11. The largest absolute Gasteiger partial charge is 0.394 e. The van der Waals surface area contributed by atoms with Gasteiger partial charge in [0.1, 0.15) is 5.82 Å². The maximum absolute atomic E-state index is 6.07. The van der Waals surface area contributed by atoms with Crippen LogP contribution in [0.15, 0.2) is 0 Å². The van der Waals surface area contributed by atoms with Gasteiger partial charge in [-0.15, -0.1) is 0 Å². The molecule has 3 N–H and O–H groups in total. The number of aryl methyl sites for hydroxylation is 2. The molecule has 5 heteroatoms. The summed E-state index contributed by atoms with van der Waals surface area (Å²) in [6.45, 7) is 11.8. The summed E-state index contributed by atoms with van der Waals surface area (Å²) in [7, 11) is 0. The second-order valence-electron chi connectivity index (χ2n) is 5.66. The van der Waals surface area contributed by atoms with Gasteiger partial charge in [-0.3, -0.25) is 0 Å². The van der Waals surface area contributed by atoms with Gasteiger partial charge in [-0.25, -0.2) is 4.68 Å². The highest BCUT2D eigenvalue weighted by Crippen LogP contribution is 2.22. The molecule has 0 spiro atoms. The summed E-state index contributed by atoms with van der Waals surface area (Å²) in [5.41, 5.74) is 7.77. The van der Waals surface area contributed by atoms with Crippen LogP contribution in [0, 0.1) is 12.8 Å². The zero-order valence-corrected chi connectivity index (χ0v) is 12.4. The van der Waals surface area contributed by atoms with E-state index in [1.165, 1.54) is 32.5 Å². The Labute approximate surface area is 116 Å². The van der Waals surface area contributed by atoms with Crippen LogP contribution in [-0.4, -0.2) is 40.9 Å². The monoisotopic (exact) mass is 265 g/mol. The molecule has 0 saturated carbocycles. The molecule has 1 unspecified atom stereocenters. The molecule has 0 radical (unpaired) electrons. The second-order valence-corrected chi connectivity index (χ2v) is 5.66. The Morgan fingerprint density at radius 3 is 2.68 bits per heavy atom. The number of rotatable bonds is 6. The van der Waals surface area contributed by atoms with Crippen LogP contribution in [0.4, 0.5) is 11.5 Å². The molecular formula is C14H27N5. The van der Waals surface area contributed by atoms with Gasteiger partial charge in [0.2, 0.25) is 0 Å². The lowest BCUT2D eigenvalue weighted by molar-refractivity contribution is 0.294. The van der Waals surface area contributed by atoms with Crippen molar-refractivity contribution < 1.29 is 0 Å². The van der Waals surface area contributed by atoms with E-state index < -0.39 is 0 Å². The Bertz CT molecular complexity index is 406. The SMILES string of the molecule is CCn1nc(C)c(N)c1NCC(C)CN1CCCC1. The Morgan fingerprint density at radius 2 is 2.05 bits per heavy atom. The van der Waals surface area contributed by atoms with E-state index in [9.17, 15) is 0 Å². The van der Waals surface area contributed by atoms with E-state index in [2.05, 4.69) is 29.2 Å². The molecule has 19 heavy (non-hydrogen) atoms. The molecule has 0 bridgehead atoms. The molecule has 1 aliphatic heterocycles. The van der Waals surface area contributed by atoms with E-state index in [4.69, 9.17) is 5.73 Å². The average molecular weight is 265 g/mol. The lowest BCUT2D eigenvalue weighted by atomic mass is 10.1. The molecule has 1 aliphatic rings. The number of aromatic nitrogens is 2. The van der Waals surface area contributed by atoms with Crippen LogP contribution in [0.25, 0.3) is 0 Å². The van der Waals surface area contributed by atoms with E-state index >= 15 is 0 Å². The van der Waals surface area contributed by atoms with Gasteiger partial charge in [0.15, 0.2) is 0 Å². The van der Waals surface area contributed by atoms with E-state index in [0.717, 1.165) is 30.3 Å². The number of likely N-dealkylation sites (tertiary alicyclic amines) is 1. The van der Waals surface area contributed by atoms with Crippen LogP contribution in [0.5, 0.6) is 0 Å². The first kappa shape index (κ1) is 14.2. The lowest BCUT2D eigenvalue weighted by Crippen LogP contribution is -2.29. The highest BCUT2D eigenvalue weighted by molar-refractivity contribution is 5.64. The molecule has 1 fully saturated rings. The quantitative estimate of drug-likeness (QED) is 0.825. The molecular weight excluding hydrogens is 238 g/mol. The number of anilines is 2.